The van der Waals surface area contributed by atoms with Gasteiger partial charge in [0.05, 0.1) is 0 Å². The van der Waals surface area contributed by atoms with Crippen molar-refractivity contribution < 1.29 is 19.4 Å². The first-order chi connectivity index (χ1) is 14.4. The van der Waals surface area contributed by atoms with E-state index in [0.29, 0.717) is 22.8 Å². The summed E-state index contributed by atoms with van der Waals surface area (Å²) in [5.41, 5.74) is -0.335. The first-order valence-electron chi connectivity index (χ1n) is 10.9. The minimum atomic E-state index is -1.92. The number of esters is 1. The summed E-state index contributed by atoms with van der Waals surface area (Å²) in [4.78, 5) is 16.0. The highest BCUT2D eigenvalue weighted by molar-refractivity contribution is 5.87. The van der Waals surface area contributed by atoms with E-state index in [2.05, 4.69) is 4.90 Å². The highest BCUT2D eigenvalue weighted by Gasteiger charge is 2.48. The molecule has 0 aliphatic carbocycles. The molecule has 2 atom stereocenters. The van der Waals surface area contributed by atoms with Crippen molar-refractivity contribution in [2.24, 2.45) is 5.92 Å². The van der Waals surface area contributed by atoms with Crippen LogP contribution < -0.4 is 4.74 Å². The molecule has 0 saturated carbocycles. The van der Waals surface area contributed by atoms with Gasteiger partial charge in [-0.3, -0.25) is 4.90 Å². The molecule has 3 saturated heterocycles. The van der Waals surface area contributed by atoms with Crippen LogP contribution in [0.1, 0.15) is 43.4 Å². The molecule has 4 aliphatic rings. The van der Waals surface area contributed by atoms with Crippen LogP contribution >= 0.6 is 0 Å². The number of hydrogen-bond donors (Lipinski definition) is 1. The summed E-state index contributed by atoms with van der Waals surface area (Å²) in [5.74, 6) is 0.351. The summed E-state index contributed by atoms with van der Waals surface area (Å²) in [7, 11) is 0. The number of nitrogens with zero attached hydrogens (tertiary/aromatic N) is 1. The predicted molar refractivity (Wildman–Crippen MR) is 113 cm³/mol. The third-order valence-corrected chi connectivity index (χ3v) is 6.82. The lowest BCUT2D eigenvalue weighted by atomic mass is 9.83. The summed E-state index contributed by atoms with van der Waals surface area (Å²) in [6, 6.07) is 14.7. The zero-order chi connectivity index (χ0) is 20.9. The summed E-state index contributed by atoms with van der Waals surface area (Å²) in [5, 5.41) is 12.0. The molecular formula is C25H29NO4. The van der Waals surface area contributed by atoms with Crippen molar-refractivity contribution in [1.82, 2.24) is 4.90 Å². The van der Waals surface area contributed by atoms with Crippen LogP contribution in [-0.2, 0) is 21.6 Å². The molecule has 3 fully saturated rings. The van der Waals surface area contributed by atoms with Crippen molar-refractivity contribution in [2.45, 2.75) is 50.4 Å². The van der Waals surface area contributed by atoms with E-state index in [-0.39, 0.29) is 11.7 Å². The Morgan fingerprint density at radius 3 is 2.53 bits per heavy atom. The van der Waals surface area contributed by atoms with Gasteiger partial charge in [-0.15, -0.1) is 0 Å². The highest BCUT2D eigenvalue weighted by atomic mass is 16.6. The van der Waals surface area contributed by atoms with Crippen molar-refractivity contribution in [3.63, 3.8) is 0 Å². The lowest BCUT2D eigenvalue weighted by molar-refractivity contribution is -0.177. The largest absolute Gasteiger partial charge is 0.487 e. The second-order valence-electron chi connectivity index (χ2n) is 9.49. The molecule has 158 valence electrons. The standard InChI is InChI=1S/C25H29NO4/c1-24(2)15-18-7-6-10-20(22(18)30-24)25(28,19-8-4-3-5-9-19)23(27)29-21-16-26-13-11-17(21)12-14-26/h3-10,17,21,28H,11-16H2,1-2H3. The number of para-hydroxylation sites is 1. The Bertz CT molecular complexity index is 949. The van der Waals surface area contributed by atoms with Gasteiger partial charge in [0.25, 0.3) is 0 Å². The first-order valence-corrected chi connectivity index (χ1v) is 10.9. The first kappa shape index (κ1) is 19.6. The fraction of sp³-hybridized carbons (Fsp3) is 0.480. The quantitative estimate of drug-likeness (QED) is 0.789. The van der Waals surface area contributed by atoms with Gasteiger partial charge >= 0.3 is 5.97 Å². The summed E-state index contributed by atoms with van der Waals surface area (Å²) in [6.45, 7) is 6.92. The number of aliphatic hydroxyl groups is 1. The molecule has 0 aromatic heterocycles. The minimum absolute atomic E-state index is 0.177. The Kier molecular flexibility index (Phi) is 4.64. The maximum absolute atomic E-state index is 13.6. The number of carbonyl (C=O) groups excluding carboxylic acids is 1. The molecule has 30 heavy (non-hydrogen) atoms. The van der Waals surface area contributed by atoms with Crippen LogP contribution in [0, 0.1) is 5.92 Å². The molecule has 4 heterocycles. The Morgan fingerprint density at radius 2 is 1.87 bits per heavy atom. The second-order valence-corrected chi connectivity index (χ2v) is 9.49. The fourth-order valence-corrected chi connectivity index (χ4v) is 5.23. The molecule has 5 nitrogen and oxygen atoms in total. The third-order valence-electron chi connectivity index (χ3n) is 6.82. The molecule has 2 aromatic rings. The Morgan fingerprint density at radius 1 is 1.13 bits per heavy atom. The molecule has 0 radical (unpaired) electrons. The molecule has 2 unspecified atom stereocenters. The van der Waals surface area contributed by atoms with E-state index >= 15 is 0 Å². The fourth-order valence-electron chi connectivity index (χ4n) is 5.23. The van der Waals surface area contributed by atoms with Crippen LogP contribution in [0.2, 0.25) is 0 Å². The smallest absolute Gasteiger partial charge is 0.348 e. The Balaban J connectivity index is 1.55. The van der Waals surface area contributed by atoms with Crippen LogP contribution in [0.5, 0.6) is 5.75 Å². The van der Waals surface area contributed by atoms with E-state index in [1.807, 2.05) is 44.2 Å². The zero-order valence-electron chi connectivity index (χ0n) is 17.6. The van der Waals surface area contributed by atoms with E-state index in [9.17, 15) is 9.90 Å². The van der Waals surface area contributed by atoms with Gasteiger partial charge in [-0.25, -0.2) is 4.79 Å². The summed E-state index contributed by atoms with van der Waals surface area (Å²) >= 11 is 0. The normalized spacial score (nSPS) is 28.3. The number of benzene rings is 2. The zero-order valence-corrected chi connectivity index (χ0v) is 17.6. The number of ether oxygens (including phenoxy) is 2. The number of rotatable bonds is 4. The number of fused-ring (bicyclic) bond motifs is 4. The van der Waals surface area contributed by atoms with Gasteiger partial charge in [0.15, 0.2) is 0 Å². The van der Waals surface area contributed by atoms with Gasteiger partial charge in [-0.1, -0.05) is 48.5 Å². The molecule has 6 rings (SSSR count). The maximum Gasteiger partial charge on any atom is 0.348 e. The SMILES string of the molecule is CC1(C)Cc2cccc(C(O)(C(=O)OC3CN4CCC3CC4)c3ccccc3)c2O1. The number of piperidine rings is 3. The number of hydrogen-bond acceptors (Lipinski definition) is 5. The van der Waals surface area contributed by atoms with Gasteiger partial charge in [0, 0.05) is 18.5 Å². The van der Waals surface area contributed by atoms with Crippen LogP contribution in [0.25, 0.3) is 0 Å². The molecule has 2 aromatic carbocycles. The Hall–Kier alpha value is -2.37. The topological polar surface area (TPSA) is 59.0 Å². The number of carbonyl (C=O) groups is 1. The average molecular weight is 408 g/mol. The molecule has 2 bridgehead atoms. The van der Waals surface area contributed by atoms with E-state index in [4.69, 9.17) is 9.47 Å². The van der Waals surface area contributed by atoms with Crippen molar-refractivity contribution in [3.05, 3.63) is 65.2 Å². The highest BCUT2D eigenvalue weighted by Crippen LogP contribution is 2.45. The van der Waals surface area contributed by atoms with Crippen molar-refractivity contribution in [3.8, 4) is 5.75 Å². The van der Waals surface area contributed by atoms with Gasteiger partial charge in [-0.05, 0) is 56.8 Å². The van der Waals surface area contributed by atoms with Crippen LogP contribution in [0.15, 0.2) is 48.5 Å². The third kappa shape index (κ3) is 3.21. The average Bonchev–Trinajstić information content (AvgIpc) is 3.08. The van der Waals surface area contributed by atoms with Crippen molar-refractivity contribution in [1.29, 1.82) is 0 Å². The van der Waals surface area contributed by atoms with Gasteiger partial charge in [0.2, 0.25) is 5.60 Å². The van der Waals surface area contributed by atoms with E-state index < -0.39 is 11.6 Å². The molecule has 5 heteroatoms. The van der Waals surface area contributed by atoms with Crippen LogP contribution in [0.3, 0.4) is 0 Å². The monoisotopic (exact) mass is 407 g/mol. The summed E-state index contributed by atoms with van der Waals surface area (Å²) < 4.78 is 12.2. The van der Waals surface area contributed by atoms with Gasteiger partial charge in [-0.2, -0.15) is 0 Å². The van der Waals surface area contributed by atoms with Crippen LogP contribution in [-0.4, -0.2) is 47.3 Å². The maximum atomic E-state index is 13.6. The van der Waals surface area contributed by atoms with E-state index in [1.165, 1.54) is 0 Å². The lowest BCUT2D eigenvalue weighted by Crippen LogP contribution is -2.53. The van der Waals surface area contributed by atoms with E-state index in [1.54, 1.807) is 18.2 Å². The minimum Gasteiger partial charge on any atom is -0.487 e. The molecule has 0 amide bonds. The molecule has 0 spiro atoms. The molecule has 4 aliphatic heterocycles. The van der Waals surface area contributed by atoms with Crippen molar-refractivity contribution in [2.75, 3.05) is 19.6 Å². The van der Waals surface area contributed by atoms with Gasteiger partial charge in [0.1, 0.15) is 17.5 Å². The van der Waals surface area contributed by atoms with Crippen LogP contribution in [0.4, 0.5) is 0 Å². The predicted octanol–water partition coefficient (Wildman–Crippen LogP) is 3.27. The molecule has 1 N–H and O–H groups in total. The summed E-state index contributed by atoms with van der Waals surface area (Å²) in [6.07, 6.45) is 2.64. The second kappa shape index (κ2) is 7.10. The van der Waals surface area contributed by atoms with Gasteiger partial charge < -0.3 is 14.6 Å². The molecular weight excluding hydrogens is 378 g/mol. The van der Waals surface area contributed by atoms with Crippen molar-refractivity contribution >= 4 is 5.97 Å². The Labute approximate surface area is 177 Å². The van der Waals surface area contributed by atoms with E-state index in [0.717, 1.165) is 44.5 Å². The lowest BCUT2D eigenvalue weighted by Gasteiger charge is -2.44.